The van der Waals surface area contributed by atoms with Gasteiger partial charge in [-0.25, -0.2) is 0 Å². The van der Waals surface area contributed by atoms with Gasteiger partial charge in [0.15, 0.2) is 5.43 Å². The van der Waals surface area contributed by atoms with E-state index in [0.717, 1.165) is 11.3 Å². The Bertz CT molecular complexity index is 1160. The van der Waals surface area contributed by atoms with Gasteiger partial charge in [-0.05, 0) is 83.2 Å². The van der Waals surface area contributed by atoms with Gasteiger partial charge in [-0.1, -0.05) is 0 Å². The van der Waals surface area contributed by atoms with Crippen molar-refractivity contribution in [2.75, 3.05) is 0 Å². The quantitative estimate of drug-likeness (QED) is 0.333. The molecular weight excluding hydrogens is 453 g/mol. The van der Waals surface area contributed by atoms with Crippen molar-refractivity contribution in [1.29, 1.82) is 0 Å². The molecule has 1 aromatic heterocycles. The Labute approximate surface area is 193 Å². The highest BCUT2D eigenvalue weighted by Gasteiger charge is 2.23. The van der Waals surface area contributed by atoms with E-state index in [1.807, 2.05) is 30.3 Å². The molecule has 2 aromatic carbocycles. The molecule has 0 aliphatic carbocycles. The van der Waals surface area contributed by atoms with Crippen LogP contribution in [0, 0.1) is 0 Å². The van der Waals surface area contributed by atoms with Gasteiger partial charge < -0.3 is 17.7 Å². The van der Waals surface area contributed by atoms with Gasteiger partial charge in [-0.2, -0.15) is 0 Å². The van der Waals surface area contributed by atoms with Gasteiger partial charge in [-0.15, -0.1) is 0 Å². The third kappa shape index (κ3) is 6.60. The van der Waals surface area contributed by atoms with Gasteiger partial charge in [0.05, 0.1) is 0 Å². The summed E-state index contributed by atoms with van der Waals surface area (Å²) in [6, 6.07) is 12.8. The first-order valence-electron chi connectivity index (χ1n) is 10.9. The van der Waals surface area contributed by atoms with Crippen LogP contribution in [0.3, 0.4) is 0 Å². The maximum Gasteiger partial charge on any atom is 0.242 e. The molecule has 0 unspecified atom stereocenters. The molecule has 0 atom stereocenters. The minimum absolute atomic E-state index is 0.128. The zero-order valence-corrected chi connectivity index (χ0v) is 23.6. The lowest BCUT2D eigenvalue weighted by molar-refractivity contribution is 0.532. The summed E-state index contributed by atoms with van der Waals surface area (Å²) in [6.45, 7) is 19.0. The Morgan fingerprint density at radius 3 is 1.72 bits per heavy atom. The van der Waals surface area contributed by atoms with Gasteiger partial charge in [0, 0.05) is 23.8 Å². The number of hydrogen-bond donors (Lipinski definition) is 0. The molecular formula is C24H34O5Si3. The highest BCUT2D eigenvalue weighted by atomic mass is 28.4. The monoisotopic (exact) mass is 486 g/mol. The molecule has 0 saturated carbocycles. The highest BCUT2D eigenvalue weighted by Crippen LogP contribution is 2.34. The van der Waals surface area contributed by atoms with Gasteiger partial charge in [0.1, 0.15) is 34.0 Å². The Morgan fingerprint density at radius 2 is 1.19 bits per heavy atom. The smallest absolute Gasteiger partial charge is 0.242 e. The summed E-state index contributed by atoms with van der Waals surface area (Å²) >= 11 is 0. The molecule has 0 spiro atoms. The lowest BCUT2D eigenvalue weighted by Crippen LogP contribution is -2.31. The van der Waals surface area contributed by atoms with E-state index in [1.165, 1.54) is 6.07 Å². The molecule has 3 aromatic rings. The molecule has 0 fully saturated rings. The van der Waals surface area contributed by atoms with Crippen LogP contribution in [0.5, 0.6) is 17.2 Å². The van der Waals surface area contributed by atoms with Crippen molar-refractivity contribution >= 4 is 35.9 Å². The highest BCUT2D eigenvalue weighted by molar-refractivity contribution is 6.71. The average molecular weight is 487 g/mol. The minimum atomic E-state index is -1.96. The van der Waals surface area contributed by atoms with Gasteiger partial charge in [0.2, 0.25) is 25.0 Å². The van der Waals surface area contributed by atoms with Crippen LogP contribution in [0.25, 0.3) is 22.3 Å². The van der Waals surface area contributed by atoms with E-state index in [4.69, 9.17) is 17.7 Å². The molecule has 0 saturated heterocycles. The molecule has 0 N–H and O–H groups in total. The summed E-state index contributed by atoms with van der Waals surface area (Å²) in [4.78, 5) is 13.2. The largest absolute Gasteiger partial charge is 0.544 e. The molecule has 3 rings (SSSR count). The second-order valence-electron chi connectivity index (χ2n) is 10.9. The average Bonchev–Trinajstić information content (AvgIpc) is 2.57. The van der Waals surface area contributed by atoms with Crippen LogP contribution in [-0.2, 0) is 0 Å². The van der Waals surface area contributed by atoms with Gasteiger partial charge in [-0.3, -0.25) is 4.79 Å². The lowest BCUT2D eigenvalue weighted by Gasteiger charge is -2.23. The molecule has 0 aliphatic rings. The summed E-state index contributed by atoms with van der Waals surface area (Å²) in [5.74, 6) is 2.54. The van der Waals surface area contributed by atoms with Crippen molar-refractivity contribution in [2.24, 2.45) is 0 Å². The third-order valence-corrected chi connectivity index (χ3v) is 6.70. The van der Waals surface area contributed by atoms with Crippen molar-refractivity contribution in [3.8, 4) is 28.6 Å². The second-order valence-corrected chi connectivity index (χ2v) is 24.2. The fraction of sp³-hybridized carbons (Fsp3) is 0.375. The van der Waals surface area contributed by atoms with Crippen LogP contribution >= 0.6 is 0 Å². The van der Waals surface area contributed by atoms with E-state index in [0.29, 0.717) is 28.2 Å². The number of rotatable bonds is 7. The molecule has 172 valence electrons. The third-order valence-electron chi connectivity index (χ3n) is 4.17. The Morgan fingerprint density at radius 1 is 0.656 bits per heavy atom. The summed E-state index contributed by atoms with van der Waals surface area (Å²) < 4.78 is 24.7. The maximum absolute atomic E-state index is 13.2. The normalized spacial score (nSPS) is 12.7. The van der Waals surface area contributed by atoms with Crippen LogP contribution in [0.2, 0.25) is 58.9 Å². The van der Waals surface area contributed by atoms with Crippen molar-refractivity contribution in [2.45, 2.75) is 58.9 Å². The number of hydrogen-bond acceptors (Lipinski definition) is 5. The Kier molecular flexibility index (Phi) is 6.52. The summed E-state index contributed by atoms with van der Waals surface area (Å²) in [5.41, 5.74) is 1.16. The first-order valence-corrected chi connectivity index (χ1v) is 21.1. The van der Waals surface area contributed by atoms with Crippen LogP contribution in [0.15, 0.2) is 51.7 Å². The zero-order valence-electron chi connectivity index (χ0n) is 20.6. The lowest BCUT2D eigenvalue weighted by atomic mass is 10.1. The first kappa shape index (κ1) is 24.3. The van der Waals surface area contributed by atoms with E-state index in [2.05, 4.69) is 58.9 Å². The molecule has 32 heavy (non-hydrogen) atoms. The molecule has 1 heterocycles. The Balaban J connectivity index is 2.12. The molecule has 0 aliphatic heterocycles. The van der Waals surface area contributed by atoms with Gasteiger partial charge in [0.25, 0.3) is 0 Å². The van der Waals surface area contributed by atoms with Crippen molar-refractivity contribution in [3.63, 3.8) is 0 Å². The summed E-state index contributed by atoms with van der Waals surface area (Å²) in [5, 5.41) is 0.456. The van der Waals surface area contributed by atoms with Crippen molar-refractivity contribution in [3.05, 3.63) is 52.7 Å². The van der Waals surface area contributed by atoms with E-state index in [9.17, 15) is 4.79 Å². The summed E-state index contributed by atoms with van der Waals surface area (Å²) in [6.07, 6.45) is 0. The van der Waals surface area contributed by atoms with Crippen molar-refractivity contribution in [1.82, 2.24) is 0 Å². The molecule has 0 radical (unpaired) electrons. The standard InChI is InChI=1S/C24H34O5Si3/c1-30(2,3)27-18-12-10-17(11-13-18)21-16-20(25)24-22(26-21)14-19(28-31(4,5)6)15-23(24)29-32(7,8)9/h10-16H,1-9H3. The number of fused-ring (bicyclic) bond motifs is 1. The topological polar surface area (TPSA) is 57.9 Å². The van der Waals surface area contributed by atoms with Crippen molar-refractivity contribution < 1.29 is 17.7 Å². The SMILES string of the molecule is C[Si](C)(C)Oc1ccc(-c2cc(=O)c3c(O[Si](C)(C)C)cc(O[Si](C)(C)C)cc3o2)cc1. The Hall–Kier alpha value is -2.30. The fourth-order valence-corrected chi connectivity index (χ4v) is 5.72. The minimum Gasteiger partial charge on any atom is -0.544 e. The van der Waals surface area contributed by atoms with Crippen LogP contribution < -0.4 is 18.7 Å². The summed E-state index contributed by atoms with van der Waals surface area (Å²) in [7, 11) is -5.50. The van der Waals surface area contributed by atoms with Gasteiger partial charge >= 0.3 is 0 Å². The van der Waals surface area contributed by atoms with Crippen LogP contribution in [0.4, 0.5) is 0 Å². The van der Waals surface area contributed by atoms with Crippen LogP contribution in [-0.4, -0.2) is 25.0 Å². The predicted molar refractivity (Wildman–Crippen MR) is 140 cm³/mol. The van der Waals surface area contributed by atoms with Crippen LogP contribution in [0.1, 0.15) is 0 Å². The first-order chi connectivity index (χ1) is 14.6. The molecule has 0 bridgehead atoms. The van der Waals surface area contributed by atoms with E-state index < -0.39 is 25.0 Å². The molecule has 5 nitrogen and oxygen atoms in total. The molecule has 8 heteroatoms. The van der Waals surface area contributed by atoms with E-state index >= 15 is 0 Å². The van der Waals surface area contributed by atoms with E-state index in [-0.39, 0.29) is 5.43 Å². The molecule has 0 amide bonds. The number of benzene rings is 2. The predicted octanol–water partition coefficient (Wildman–Crippen LogP) is 7.10. The zero-order chi connectivity index (χ0) is 23.9. The maximum atomic E-state index is 13.2. The fourth-order valence-electron chi connectivity index (χ4n) is 3.23. The van der Waals surface area contributed by atoms with E-state index in [1.54, 1.807) is 6.07 Å². The second kappa shape index (κ2) is 8.57.